The third kappa shape index (κ3) is 4.83. The smallest absolute Gasteiger partial charge is 0.227 e. The number of benzene rings is 8. The van der Waals surface area contributed by atoms with Crippen LogP contribution in [0.25, 0.3) is 83.1 Å². The fourth-order valence-electron chi connectivity index (χ4n) is 7.94. The zero-order chi connectivity index (χ0) is 35.6. The lowest BCUT2D eigenvalue weighted by Crippen LogP contribution is -2.11. The Morgan fingerprint density at radius 3 is 1.93 bits per heavy atom. The molecule has 0 fully saturated rings. The second-order valence-corrected chi connectivity index (χ2v) is 13.6. The first-order valence-corrected chi connectivity index (χ1v) is 18.1. The molecule has 0 spiro atoms. The van der Waals surface area contributed by atoms with Crippen molar-refractivity contribution in [1.29, 1.82) is 0 Å². The highest BCUT2D eigenvalue weighted by atomic mass is 16.4. The van der Waals surface area contributed by atoms with Gasteiger partial charge in [0.15, 0.2) is 5.58 Å². The van der Waals surface area contributed by atoms with Crippen LogP contribution in [0.4, 0.5) is 17.1 Å². The highest BCUT2D eigenvalue weighted by Gasteiger charge is 2.23. The van der Waals surface area contributed by atoms with Crippen molar-refractivity contribution in [3.8, 4) is 28.3 Å². The Hall–Kier alpha value is -7.37. The van der Waals surface area contributed by atoms with Crippen molar-refractivity contribution in [3.05, 3.63) is 188 Å². The van der Waals surface area contributed by atoms with E-state index in [4.69, 9.17) is 13.8 Å². The number of para-hydroxylation sites is 3. The SMILES string of the molecule is c1ccc(-c2cccc(N(c3ccc4oc5cc6oc(-c7ccccc7)nc6cc5c4c3)c3cccc4c5ccccc5n(-c5ccccc5)c34)c2)cc1. The van der Waals surface area contributed by atoms with E-state index in [-0.39, 0.29) is 0 Å². The van der Waals surface area contributed by atoms with Crippen molar-refractivity contribution in [2.75, 3.05) is 4.90 Å². The van der Waals surface area contributed by atoms with Crippen LogP contribution in [0.2, 0.25) is 0 Å². The minimum Gasteiger partial charge on any atom is -0.456 e. The van der Waals surface area contributed by atoms with Crippen LogP contribution in [0.3, 0.4) is 0 Å². The van der Waals surface area contributed by atoms with Crippen molar-refractivity contribution in [3.63, 3.8) is 0 Å². The minimum absolute atomic E-state index is 0.592. The highest BCUT2D eigenvalue weighted by molar-refractivity contribution is 6.15. The first kappa shape index (κ1) is 30.3. The maximum Gasteiger partial charge on any atom is 0.227 e. The number of fused-ring (bicyclic) bond motifs is 7. The summed E-state index contributed by atoms with van der Waals surface area (Å²) >= 11 is 0. The Morgan fingerprint density at radius 2 is 1.09 bits per heavy atom. The van der Waals surface area contributed by atoms with E-state index in [9.17, 15) is 0 Å². The maximum atomic E-state index is 6.48. The summed E-state index contributed by atoms with van der Waals surface area (Å²) < 4.78 is 15.1. The molecule has 5 nitrogen and oxygen atoms in total. The second-order valence-electron chi connectivity index (χ2n) is 13.6. The first-order chi connectivity index (χ1) is 26.8. The average Bonchev–Trinajstić information content (AvgIpc) is 3.93. The summed E-state index contributed by atoms with van der Waals surface area (Å²) in [5, 5.41) is 4.39. The number of oxazole rings is 1. The topological polar surface area (TPSA) is 47.3 Å². The molecular weight excluding hydrogens is 663 g/mol. The van der Waals surface area contributed by atoms with Gasteiger partial charge in [-0.15, -0.1) is 0 Å². The normalized spacial score (nSPS) is 11.7. The van der Waals surface area contributed by atoms with Crippen LogP contribution < -0.4 is 4.90 Å². The number of nitrogens with zero attached hydrogens (tertiary/aromatic N) is 3. The van der Waals surface area contributed by atoms with Crippen molar-refractivity contribution >= 4 is 71.9 Å². The van der Waals surface area contributed by atoms with E-state index in [0.29, 0.717) is 11.5 Å². The third-order valence-electron chi connectivity index (χ3n) is 10.4. The van der Waals surface area contributed by atoms with Crippen LogP contribution in [0, 0.1) is 0 Å². The molecule has 0 saturated heterocycles. The molecule has 8 aromatic carbocycles. The van der Waals surface area contributed by atoms with Gasteiger partial charge in [0.25, 0.3) is 0 Å². The molecule has 0 aliphatic carbocycles. The van der Waals surface area contributed by atoms with Gasteiger partial charge in [-0.1, -0.05) is 109 Å². The van der Waals surface area contributed by atoms with Gasteiger partial charge in [-0.3, -0.25) is 0 Å². The summed E-state index contributed by atoms with van der Waals surface area (Å²) in [7, 11) is 0. The van der Waals surface area contributed by atoms with Crippen molar-refractivity contribution in [2.24, 2.45) is 0 Å². The zero-order valence-electron chi connectivity index (χ0n) is 29.1. The molecule has 0 radical (unpaired) electrons. The highest BCUT2D eigenvalue weighted by Crippen LogP contribution is 2.45. The summed E-state index contributed by atoms with van der Waals surface area (Å²) in [4.78, 5) is 7.27. The molecule has 0 amide bonds. The summed E-state index contributed by atoms with van der Waals surface area (Å²) in [6.45, 7) is 0. The van der Waals surface area contributed by atoms with E-state index in [1.807, 2.05) is 36.4 Å². The van der Waals surface area contributed by atoms with Gasteiger partial charge in [0.1, 0.15) is 16.7 Å². The lowest BCUT2D eigenvalue weighted by Gasteiger charge is -2.27. The van der Waals surface area contributed by atoms with Crippen molar-refractivity contribution in [2.45, 2.75) is 0 Å². The minimum atomic E-state index is 0.592. The molecule has 3 aromatic heterocycles. The second kappa shape index (κ2) is 12.1. The van der Waals surface area contributed by atoms with E-state index in [0.717, 1.165) is 72.4 Å². The molecule has 0 aliphatic rings. The number of aromatic nitrogens is 2. The molecule has 11 rings (SSSR count). The monoisotopic (exact) mass is 693 g/mol. The summed E-state index contributed by atoms with van der Waals surface area (Å²) in [6, 6.07) is 65.8. The maximum absolute atomic E-state index is 6.48. The van der Waals surface area contributed by atoms with E-state index in [1.54, 1.807) is 0 Å². The van der Waals surface area contributed by atoms with Gasteiger partial charge in [-0.05, 0) is 83.9 Å². The van der Waals surface area contributed by atoms with Crippen LogP contribution in [0.15, 0.2) is 197 Å². The molecule has 0 aliphatic heterocycles. The van der Waals surface area contributed by atoms with Crippen LogP contribution in [-0.2, 0) is 0 Å². The van der Waals surface area contributed by atoms with Crippen LogP contribution in [-0.4, -0.2) is 9.55 Å². The summed E-state index contributed by atoms with van der Waals surface area (Å²) in [6.07, 6.45) is 0. The van der Waals surface area contributed by atoms with Crippen LogP contribution in [0.1, 0.15) is 0 Å². The van der Waals surface area contributed by atoms with Gasteiger partial charge in [0.2, 0.25) is 5.89 Å². The standard InChI is InChI=1S/C49H31N3O2/c1-4-14-32(15-5-1)34-18-12-21-36(28-34)51(44-25-13-23-39-38-22-10-11-24-43(38)52(48(39)44)35-19-8-3-9-20-35)37-26-27-45-40(29-37)41-30-42-47(31-46(41)53-45)54-49(50-42)33-16-6-2-7-17-33/h1-31H. The molecule has 3 heterocycles. The number of furan rings is 1. The molecule has 254 valence electrons. The summed E-state index contributed by atoms with van der Waals surface area (Å²) in [5.41, 5.74) is 12.8. The van der Waals surface area contributed by atoms with E-state index < -0.39 is 0 Å². The molecule has 0 unspecified atom stereocenters. The molecule has 0 saturated carbocycles. The van der Waals surface area contributed by atoms with Gasteiger partial charge in [-0.2, -0.15) is 0 Å². The van der Waals surface area contributed by atoms with Crippen LogP contribution >= 0.6 is 0 Å². The molecule has 0 atom stereocenters. The van der Waals surface area contributed by atoms with Gasteiger partial charge in [0.05, 0.1) is 16.7 Å². The predicted molar refractivity (Wildman–Crippen MR) is 221 cm³/mol. The van der Waals surface area contributed by atoms with E-state index in [2.05, 4.69) is 161 Å². The van der Waals surface area contributed by atoms with E-state index in [1.165, 1.54) is 16.3 Å². The Balaban J connectivity index is 1.17. The number of hydrogen-bond donors (Lipinski definition) is 0. The quantitative estimate of drug-likeness (QED) is 0.174. The van der Waals surface area contributed by atoms with E-state index >= 15 is 0 Å². The number of hydrogen-bond acceptors (Lipinski definition) is 4. The fraction of sp³-hybridized carbons (Fsp3) is 0. The van der Waals surface area contributed by atoms with Crippen LogP contribution in [0.5, 0.6) is 0 Å². The Bertz CT molecular complexity index is 3160. The zero-order valence-corrected chi connectivity index (χ0v) is 29.1. The van der Waals surface area contributed by atoms with Gasteiger partial charge < -0.3 is 18.3 Å². The van der Waals surface area contributed by atoms with Gasteiger partial charge in [0, 0.05) is 50.2 Å². The summed E-state index contributed by atoms with van der Waals surface area (Å²) in [5.74, 6) is 0.592. The molecular formula is C49H31N3O2. The Kier molecular flexibility index (Phi) is 6.79. The molecule has 5 heteroatoms. The van der Waals surface area contributed by atoms with Gasteiger partial charge >= 0.3 is 0 Å². The Labute approximate surface area is 310 Å². The number of rotatable bonds is 6. The molecule has 11 aromatic rings. The lowest BCUT2D eigenvalue weighted by atomic mass is 10.0. The Morgan fingerprint density at radius 1 is 0.426 bits per heavy atom. The molecule has 0 N–H and O–H groups in total. The number of anilines is 3. The van der Waals surface area contributed by atoms with Crippen molar-refractivity contribution < 1.29 is 8.83 Å². The third-order valence-corrected chi connectivity index (χ3v) is 10.4. The molecule has 54 heavy (non-hydrogen) atoms. The molecule has 0 bridgehead atoms. The fourth-order valence-corrected chi connectivity index (χ4v) is 7.94. The largest absolute Gasteiger partial charge is 0.456 e. The lowest BCUT2D eigenvalue weighted by molar-refractivity contribution is 0.617. The predicted octanol–water partition coefficient (Wildman–Crippen LogP) is 13.6. The van der Waals surface area contributed by atoms with Crippen molar-refractivity contribution in [1.82, 2.24) is 9.55 Å². The first-order valence-electron chi connectivity index (χ1n) is 18.1. The van der Waals surface area contributed by atoms with Gasteiger partial charge in [-0.25, -0.2) is 4.98 Å². The average molecular weight is 694 g/mol.